The van der Waals surface area contributed by atoms with Gasteiger partial charge in [-0.25, -0.2) is 4.79 Å². The number of ether oxygens (including phenoxy) is 2. The molecule has 1 aliphatic heterocycles. The second kappa shape index (κ2) is 11.0. The van der Waals surface area contributed by atoms with Crippen molar-refractivity contribution in [1.82, 2.24) is 4.90 Å². The van der Waals surface area contributed by atoms with Crippen LogP contribution in [0.15, 0.2) is 48.5 Å². The van der Waals surface area contributed by atoms with Gasteiger partial charge in [-0.05, 0) is 41.8 Å². The van der Waals surface area contributed by atoms with E-state index in [1.165, 1.54) is 0 Å². The molecule has 1 heterocycles. The lowest BCUT2D eigenvalue weighted by Gasteiger charge is -2.45. The van der Waals surface area contributed by atoms with Crippen LogP contribution in [0.5, 0.6) is 0 Å². The summed E-state index contributed by atoms with van der Waals surface area (Å²) in [5.41, 5.74) is 1.76. The Labute approximate surface area is 191 Å². The van der Waals surface area contributed by atoms with E-state index in [2.05, 4.69) is 0 Å². The third-order valence-electron chi connectivity index (χ3n) is 5.22. The third kappa shape index (κ3) is 5.98. The number of carbonyl (C=O) groups excluding carboxylic acids is 1. The molecule has 0 saturated carbocycles. The Morgan fingerprint density at radius 1 is 1.13 bits per heavy atom. The van der Waals surface area contributed by atoms with Crippen LogP contribution in [0.1, 0.15) is 43.0 Å². The largest absolute Gasteiger partial charge is 0.480 e. The van der Waals surface area contributed by atoms with Crippen molar-refractivity contribution in [3.63, 3.8) is 0 Å². The van der Waals surface area contributed by atoms with Gasteiger partial charge in [0, 0.05) is 10.0 Å². The molecule has 0 unspecified atom stereocenters. The number of amides is 1. The summed E-state index contributed by atoms with van der Waals surface area (Å²) < 4.78 is 11.4. The lowest BCUT2D eigenvalue weighted by atomic mass is 9.91. The summed E-state index contributed by atoms with van der Waals surface area (Å²) in [4.78, 5) is 25.8. The first kappa shape index (κ1) is 23.5. The molecule has 1 N–H and O–H groups in total. The van der Waals surface area contributed by atoms with Gasteiger partial charge in [-0.2, -0.15) is 0 Å². The molecule has 3 atom stereocenters. The molecule has 0 radical (unpaired) electrons. The fourth-order valence-corrected chi connectivity index (χ4v) is 4.16. The number of carboxylic acids is 1. The van der Waals surface area contributed by atoms with Crippen LogP contribution in [-0.2, 0) is 19.1 Å². The zero-order valence-corrected chi connectivity index (χ0v) is 18.7. The van der Waals surface area contributed by atoms with Crippen molar-refractivity contribution in [1.29, 1.82) is 0 Å². The van der Waals surface area contributed by atoms with Crippen molar-refractivity contribution in [2.75, 3.05) is 19.8 Å². The SMILES string of the molecule is CCC[C@@H](COCC(=O)O)N1C(=O)CO[C@H](c2ccc(Cl)cc2)[C@@H]1c1ccc(Cl)cc1. The summed E-state index contributed by atoms with van der Waals surface area (Å²) in [5, 5.41) is 10.1. The summed E-state index contributed by atoms with van der Waals surface area (Å²) in [5.74, 6) is -1.21. The Balaban J connectivity index is 2.01. The monoisotopic (exact) mass is 465 g/mol. The van der Waals surface area contributed by atoms with E-state index >= 15 is 0 Å². The van der Waals surface area contributed by atoms with Crippen LogP contribution >= 0.6 is 23.2 Å². The molecule has 1 aliphatic rings. The molecule has 8 heteroatoms. The fraction of sp³-hybridized carbons (Fsp3) is 0.391. The van der Waals surface area contributed by atoms with Gasteiger partial charge in [-0.15, -0.1) is 0 Å². The molecule has 3 rings (SSSR count). The van der Waals surface area contributed by atoms with Crippen LogP contribution in [0.3, 0.4) is 0 Å². The van der Waals surface area contributed by atoms with Gasteiger partial charge in [0.2, 0.25) is 5.91 Å². The van der Waals surface area contributed by atoms with E-state index in [4.69, 9.17) is 37.8 Å². The summed E-state index contributed by atoms with van der Waals surface area (Å²) in [6.45, 7) is 1.66. The summed E-state index contributed by atoms with van der Waals surface area (Å²) >= 11 is 12.2. The smallest absolute Gasteiger partial charge is 0.329 e. The van der Waals surface area contributed by atoms with Gasteiger partial charge in [-0.1, -0.05) is 60.8 Å². The Morgan fingerprint density at radius 2 is 1.71 bits per heavy atom. The Kier molecular flexibility index (Phi) is 8.32. The van der Waals surface area contributed by atoms with Crippen LogP contribution in [0.25, 0.3) is 0 Å². The Hall–Kier alpha value is -2.12. The van der Waals surface area contributed by atoms with E-state index in [0.29, 0.717) is 16.5 Å². The van der Waals surface area contributed by atoms with Crippen molar-refractivity contribution >= 4 is 35.1 Å². The molecule has 0 aliphatic carbocycles. The van der Waals surface area contributed by atoms with E-state index in [-0.39, 0.29) is 25.2 Å². The topological polar surface area (TPSA) is 76.1 Å². The molecule has 0 spiro atoms. The molecule has 0 aromatic heterocycles. The van der Waals surface area contributed by atoms with Crippen molar-refractivity contribution in [3.05, 3.63) is 69.7 Å². The van der Waals surface area contributed by atoms with Gasteiger partial charge in [0.25, 0.3) is 0 Å². The third-order valence-corrected chi connectivity index (χ3v) is 5.73. The van der Waals surface area contributed by atoms with E-state index in [0.717, 1.165) is 17.5 Å². The highest BCUT2D eigenvalue weighted by molar-refractivity contribution is 6.30. The molecular formula is C23H25Cl2NO5. The number of hydrogen-bond acceptors (Lipinski definition) is 4. The molecule has 1 amide bonds. The highest BCUT2D eigenvalue weighted by Gasteiger charge is 2.42. The minimum atomic E-state index is -1.04. The maximum atomic E-state index is 13.1. The number of aliphatic carboxylic acids is 1. The van der Waals surface area contributed by atoms with E-state index in [9.17, 15) is 9.59 Å². The van der Waals surface area contributed by atoms with E-state index in [1.54, 1.807) is 29.2 Å². The zero-order chi connectivity index (χ0) is 22.4. The van der Waals surface area contributed by atoms with Gasteiger partial charge >= 0.3 is 5.97 Å². The maximum absolute atomic E-state index is 13.1. The first-order valence-corrected chi connectivity index (χ1v) is 10.9. The zero-order valence-electron chi connectivity index (χ0n) is 17.2. The maximum Gasteiger partial charge on any atom is 0.329 e. The predicted molar refractivity (Wildman–Crippen MR) is 118 cm³/mol. The number of benzene rings is 2. The minimum absolute atomic E-state index is 0.0729. The van der Waals surface area contributed by atoms with Gasteiger partial charge in [0.15, 0.2) is 0 Å². The van der Waals surface area contributed by atoms with E-state index in [1.807, 2.05) is 31.2 Å². The van der Waals surface area contributed by atoms with Crippen molar-refractivity contribution in [2.24, 2.45) is 0 Å². The first-order valence-electron chi connectivity index (χ1n) is 10.1. The number of rotatable bonds is 9. The lowest BCUT2D eigenvalue weighted by Crippen LogP contribution is -2.52. The van der Waals surface area contributed by atoms with Gasteiger partial charge in [0.05, 0.1) is 18.7 Å². The number of morpholine rings is 1. The number of carboxylic acid groups (broad SMARTS) is 1. The highest BCUT2D eigenvalue weighted by atomic mass is 35.5. The van der Waals surface area contributed by atoms with Crippen LogP contribution in [0.4, 0.5) is 0 Å². The first-order chi connectivity index (χ1) is 14.9. The Morgan fingerprint density at radius 3 is 2.26 bits per heavy atom. The van der Waals surface area contributed by atoms with Crippen molar-refractivity contribution < 1.29 is 24.2 Å². The second-order valence-corrected chi connectivity index (χ2v) is 8.30. The predicted octanol–water partition coefficient (Wildman–Crippen LogP) is 4.90. The van der Waals surface area contributed by atoms with Crippen LogP contribution in [0.2, 0.25) is 10.0 Å². The molecule has 6 nitrogen and oxygen atoms in total. The average molecular weight is 466 g/mol. The Bertz CT molecular complexity index is 888. The number of nitrogens with zero attached hydrogens (tertiary/aromatic N) is 1. The summed E-state index contributed by atoms with van der Waals surface area (Å²) in [6.07, 6.45) is 1.06. The lowest BCUT2D eigenvalue weighted by molar-refractivity contribution is -0.166. The average Bonchev–Trinajstić information content (AvgIpc) is 2.74. The number of carbonyl (C=O) groups is 2. The fourth-order valence-electron chi connectivity index (χ4n) is 3.90. The van der Waals surface area contributed by atoms with E-state index < -0.39 is 24.7 Å². The van der Waals surface area contributed by atoms with Crippen LogP contribution in [0, 0.1) is 0 Å². The minimum Gasteiger partial charge on any atom is -0.480 e. The van der Waals surface area contributed by atoms with Crippen LogP contribution < -0.4 is 0 Å². The standard InChI is InChI=1S/C23H25Cl2NO5/c1-2-3-19(12-30-14-21(28)29)26-20(27)13-31-23(16-6-10-18(25)11-7-16)22(26)15-4-8-17(24)9-5-15/h4-11,19,22-23H,2-3,12-14H2,1H3,(H,28,29)/t19-,22-,23+/m0/s1. The highest BCUT2D eigenvalue weighted by Crippen LogP contribution is 2.42. The van der Waals surface area contributed by atoms with Crippen molar-refractivity contribution in [3.8, 4) is 0 Å². The van der Waals surface area contributed by atoms with Gasteiger partial charge in [-0.3, -0.25) is 4.79 Å². The van der Waals surface area contributed by atoms with Crippen LogP contribution in [-0.4, -0.2) is 47.7 Å². The second-order valence-electron chi connectivity index (χ2n) is 7.43. The molecule has 1 saturated heterocycles. The van der Waals surface area contributed by atoms with Crippen molar-refractivity contribution in [2.45, 2.75) is 38.0 Å². The normalized spacial score (nSPS) is 20.0. The quantitative estimate of drug-likeness (QED) is 0.569. The summed E-state index contributed by atoms with van der Waals surface area (Å²) in [6, 6.07) is 14.0. The molecular weight excluding hydrogens is 441 g/mol. The number of halogens is 2. The molecule has 2 aromatic rings. The molecule has 2 aromatic carbocycles. The van der Waals surface area contributed by atoms with Gasteiger partial charge in [0.1, 0.15) is 19.3 Å². The number of hydrogen-bond donors (Lipinski definition) is 1. The molecule has 0 bridgehead atoms. The summed E-state index contributed by atoms with van der Waals surface area (Å²) in [7, 11) is 0. The van der Waals surface area contributed by atoms with Gasteiger partial charge < -0.3 is 19.5 Å². The molecule has 166 valence electrons. The molecule has 31 heavy (non-hydrogen) atoms. The molecule has 1 fully saturated rings.